The van der Waals surface area contributed by atoms with Crippen LogP contribution in [0, 0.1) is 6.92 Å². The molecule has 0 saturated carbocycles. The van der Waals surface area contributed by atoms with Crippen molar-refractivity contribution in [3.05, 3.63) is 23.2 Å². The number of aryl methyl sites for hydroxylation is 1. The van der Waals surface area contributed by atoms with Gasteiger partial charge in [-0.05, 0) is 37.7 Å². The van der Waals surface area contributed by atoms with Crippen molar-refractivity contribution < 1.29 is 0 Å². The maximum atomic E-state index is 5.49. The van der Waals surface area contributed by atoms with Crippen molar-refractivity contribution in [1.29, 1.82) is 0 Å². The second kappa shape index (κ2) is 5.85. The Morgan fingerprint density at radius 2 is 2.50 bits per heavy atom. The molecule has 0 bridgehead atoms. The molecule has 0 saturated heterocycles. The molecule has 0 spiro atoms. The van der Waals surface area contributed by atoms with Gasteiger partial charge in [0, 0.05) is 0 Å². The van der Waals surface area contributed by atoms with Gasteiger partial charge in [-0.25, -0.2) is 0 Å². The van der Waals surface area contributed by atoms with E-state index in [1.165, 1.54) is 11.5 Å². The number of hydrogen-bond acceptors (Lipinski definition) is 5. The number of aromatic nitrogens is 2. The van der Waals surface area contributed by atoms with Gasteiger partial charge in [0.25, 0.3) is 0 Å². The zero-order chi connectivity index (χ0) is 10.4. The van der Waals surface area contributed by atoms with Crippen LogP contribution in [-0.2, 0) is 0 Å². The minimum absolute atomic E-state index is 0.176. The highest BCUT2D eigenvalue weighted by Crippen LogP contribution is 2.23. The summed E-state index contributed by atoms with van der Waals surface area (Å²) < 4.78 is 3.89. The summed E-state index contributed by atoms with van der Waals surface area (Å²) >= 11 is 1.41. The Morgan fingerprint density at radius 3 is 3.00 bits per heavy atom. The number of hydrogen-bond donors (Lipinski definition) is 2. The van der Waals surface area contributed by atoms with Crippen LogP contribution in [0.25, 0.3) is 0 Å². The number of hydrazine groups is 1. The van der Waals surface area contributed by atoms with Crippen LogP contribution in [0.15, 0.2) is 12.7 Å². The largest absolute Gasteiger partial charge is 0.271 e. The van der Waals surface area contributed by atoms with Crippen LogP contribution < -0.4 is 11.3 Å². The summed E-state index contributed by atoms with van der Waals surface area (Å²) in [7, 11) is 0. The van der Waals surface area contributed by atoms with E-state index in [0.717, 1.165) is 29.8 Å². The molecular weight excluding hydrogens is 196 g/mol. The summed E-state index contributed by atoms with van der Waals surface area (Å²) in [5.74, 6) is 5.49. The molecule has 1 atom stereocenters. The van der Waals surface area contributed by atoms with Crippen LogP contribution >= 0.6 is 11.5 Å². The molecule has 4 nitrogen and oxygen atoms in total. The summed E-state index contributed by atoms with van der Waals surface area (Å²) in [5.41, 5.74) is 3.77. The average Bonchev–Trinajstić information content (AvgIpc) is 2.60. The highest BCUT2D eigenvalue weighted by Gasteiger charge is 2.14. The molecule has 0 aromatic carbocycles. The third-order valence-corrected chi connectivity index (χ3v) is 3.05. The fourth-order valence-electron chi connectivity index (χ4n) is 1.31. The topological polar surface area (TPSA) is 63.8 Å². The molecule has 0 aliphatic heterocycles. The van der Waals surface area contributed by atoms with Crippen LogP contribution in [0.4, 0.5) is 0 Å². The normalized spacial score (nSPS) is 12.7. The Morgan fingerprint density at radius 1 is 1.71 bits per heavy atom. The minimum atomic E-state index is 0.176. The average molecular weight is 212 g/mol. The maximum absolute atomic E-state index is 5.49. The van der Waals surface area contributed by atoms with Crippen LogP contribution in [0.5, 0.6) is 0 Å². The lowest BCUT2D eigenvalue weighted by molar-refractivity contribution is 0.505. The number of nitrogens with zero attached hydrogens (tertiary/aromatic N) is 2. The van der Waals surface area contributed by atoms with Crippen molar-refractivity contribution in [3.63, 3.8) is 0 Å². The van der Waals surface area contributed by atoms with E-state index >= 15 is 0 Å². The van der Waals surface area contributed by atoms with Crippen molar-refractivity contribution in [2.45, 2.75) is 32.2 Å². The Balaban J connectivity index is 2.54. The van der Waals surface area contributed by atoms with Crippen LogP contribution in [-0.4, -0.2) is 9.59 Å². The number of rotatable bonds is 6. The maximum Gasteiger partial charge on any atom is 0.0773 e. The molecule has 1 rings (SSSR count). The Bertz CT molecular complexity index is 284. The molecule has 0 amide bonds. The van der Waals surface area contributed by atoms with E-state index < -0.39 is 0 Å². The van der Waals surface area contributed by atoms with Gasteiger partial charge in [0.15, 0.2) is 0 Å². The molecule has 78 valence electrons. The Kier molecular flexibility index (Phi) is 4.72. The van der Waals surface area contributed by atoms with E-state index in [9.17, 15) is 0 Å². The van der Waals surface area contributed by atoms with Crippen LogP contribution in [0.1, 0.15) is 35.9 Å². The molecule has 14 heavy (non-hydrogen) atoms. The quantitative estimate of drug-likeness (QED) is 0.326. The lowest BCUT2D eigenvalue weighted by atomic mass is 10.1. The first-order valence-electron chi connectivity index (χ1n) is 4.65. The summed E-state index contributed by atoms with van der Waals surface area (Å²) in [5, 5.41) is 3.97. The summed E-state index contributed by atoms with van der Waals surface area (Å²) in [6.07, 6.45) is 5.01. The van der Waals surface area contributed by atoms with E-state index in [0.29, 0.717) is 0 Å². The van der Waals surface area contributed by atoms with Gasteiger partial charge in [-0.1, -0.05) is 10.6 Å². The number of nitrogens with two attached hydrogens (primary N) is 1. The summed E-state index contributed by atoms with van der Waals surface area (Å²) in [4.78, 5) is 1.14. The van der Waals surface area contributed by atoms with Crippen molar-refractivity contribution in [2.75, 3.05) is 0 Å². The van der Waals surface area contributed by atoms with Gasteiger partial charge in [-0.15, -0.1) is 11.7 Å². The number of unbranched alkanes of at least 4 members (excludes halogenated alkanes) is 1. The molecule has 0 fully saturated rings. The van der Waals surface area contributed by atoms with Crippen LogP contribution in [0.2, 0.25) is 0 Å². The summed E-state index contributed by atoms with van der Waals surface area (Å²) in [6.45, 7) is 5.64. The van der Waals surface area contributed by atoms with Gasteiger partial charge in [-0.3, -0.25) is 11.3 Å². The zero-order valence-electron chi connectivity index (χ0n) is 8.36. The molecule has 1 aromatic heterocycles. The summed E-state index contributed by atoms with van der Waals surface area (Å²) in [6, 6.07) is 0.176. The third kappa shape index (κ3) is 2.87. The standard InChI is InChI=1S/C9H16N4S/c1-3-4-5-6-8(11-10)9-7(2)12-13-14-9/h3,8,11H,1,4-6,10H2,2H3. The van der Waals surface area contributed by atoms with Gasteiger partial charge in [0.2, 0.25) is 0 Å². The highest BCUT2D eigenvalue weighted by atomic mass is 32.1. The molecule has 0 aliphatic rings. The van der Waals surface area contributed by atoms with Crippen molar-refractivity contribution in [2.24, 2.45) is 5.84 Å². The molecular formula is C9H16N4S. The van der Waals surface area contributed by atoms with Crippen LogP contribution in [0.3, 0.4) is 0 Å². The zero-order valence-corrected chi connectivity index (χ0v) is 9.18. The predicted molar refractivity (Wildman–Crippen MR) is 58.8 cm³/mol. The smallest absolute Gasteiger partial charge is 0.0773 e. The molecule has 5 heteroatoms. The van der Waals surface area contributed by atoms with E-state index in [1.807, 2.05) is 13.0 Å². The van der Waals surface area contributed by atoms with E-state index in [2.05, 4.69) is 21.6 Å². The predicted octanol–water partition coefficient (Wildman–Crippen LogP) is 1.71. The minimum Gasteiger partial charge on any atom is -0.271 e. The molecule has 1 heterocycles. The number of nitrogens with one attached hydrogen (secondary N) is 1. The van der Waals surface area contributed by atoms with Gasteiger partial charge in [0.05, 0.1) is 16.6 Å². The van der Waals surface area contributed by atoms with Crippen molar-refractivity contribution >= 4 is 11.5 Å². The number of allylic oxidation sites excluding steroid dienone is 1. The first-order chi connectivity index (χ1) is 6.79. The lowest BCUT2D eigenvalue weighted by Gasteiger charge is -2.13. The Hall–Kier alpha value is -0.780. The first kappa shape index (κ1) is 11.3. The van der Waals surface area contributed by atoms with E-state index in [-0.39, 0.29) is 6.04 Å². The van der Waals surface area contributed by atoms with Gasteiger partial charge < -0.3 is 0 Å². The lowest BCUT2D eigenvalue weighted by Crippen LogP contribution is -2.27. The van der Waals surface area contributed by atoms with E-state index in [4.69, 9.17) is 5.84 Å². The highest BCUT2D eigenvalue weighted by molar-refractivity contribution is 7.05. The second-order valence-electron chi connectivity index (χ2n) is 3.16. The monoisotopic (exact) mass is 212 g/mol. The fourth-order valence-corrected chi connectivity index (χ4v) is 2.05. The van der Waals surface area contributed by atoms with E-state index in [1.54, 1.807) is 0 Å². The van der Waals surface area contributed by atoms with Gasteiger partial charge in [-0.2, -0.15) is 0 Å². The molecule has 1 aromatic rings. The molecule has 0 radical (unpaired) electrons. The van der Waals surface area contributed by atoms with Crippen molar-refractivity contribution in [1.82, 2.24) is 15.0 Å². The SMILES string of the molecule is C=CCCCC(NN)c1snnc1C. The van der Waals surface area contributed by atoms with Crippen molar-refractivity contribution in [3.8, 4) is 0 Å². The molecule has 3 N–H and O–H groups in total. The Labute approximate surface area is 88.3 Å². The molecule has 1 unspecified atom stereocenters. The van der Waals surface area contributed by atoms with Gasteiger partial charge >= 0.3 is 0 Å². The first-order valence-corrected chi connectivity index (χ1v) is 5.42. The molecule has 0 aliphatic carbocycles. The fraction of sp³-hybridized carbons (Fsp3) is 0.556. The third-order valence-electron chi connectivity index (χ3n) is 2.11. The second-order valence-corrected chi connectivity index (χ2v) is 3.95. The van der Waals surface area contributed by atoms with Gasteiger partial charge in [0.1, 0.15) is 0 Å².